The van der Waals surface area contributed by atoms with Crippen LogP contribution in [-0.2, 0) is 6.42 Å². The molecule has 0 fully saturated rings. The third-order valence-electron chi connectivity index (χ3n) is 2.58. The first-order chi connectivity index (χ1) is 8.58. The molecule has 0 atom stereocenters. The predicted molar refractivity (Wildman–Crippen MR) is 75.2 cm³/mol. The van der Waals surface area contributed by atoms with Crippen LogP contribution in [0.4, 0.5) is 5.82 Å². The van der Waals surface area contributed by atoms with Crippen LogP contribution in [0.15, 0.2) is 12.2 Å². The lowest BCUT2D eigenvalue weighted by Gasteiger charge is -2.13. The minimum absolute atomic E-state index is 0.613. The third-order valence-corrected chi connectivity index (χ3v) is 2.58. The molecule has 0 saturated heterocycles. The van der Waals surface area contributed by atoms with Gasteiger partial charge in [-0.25, -0.2) is 4.98 Å². The van der Waals surface area contributed by atoms with Gasteiger partial charge in [-0.15, -0.1) is 6.58 Å². The first-order valence-electron chi connectivity index (χ1n) is 6.47. The van der Waals surface area contributed by atoms with Crippen LogP contribution < -0.4 is 10.1 Å². The zero-order valence-electron chi connectivity index (χ0n) is 11.8. The lowest BCUT2D eigenvalue weighted by molar-refractivity contribution is 0.305. The Labute approximate surface area is 109 Å². The number of nitrogens with zero attached hydrogens (tertiary/aromatic N) is 2. The van der Waals surface area contributed by atoms with Gasteiger partial charge < -0.3 is 10.1 Å². The van der Waals surface area contributed by atoms with Crippen LogP contribution in [0.25, 0.3) is 0 Å². The molecule has 1 N–H and O–H groups in total. The summed E-state index contributed by atoms with van der Waals surface area (Å²) in [4.78, 5) is 8.89. The summed E-state index contributed by atoms with van der Waals surface area (Å²) in [6, 6.07) is 0. The second-order valence-corrected chi connectivity index (χ2v) is 4.36. The summed E-state index contributed by atoms with van der Waals surface area (Å²) in [5.41, 5.74) is 2.08. The molecule has 1 rings (SSSR count). The summed E-state index contributed by atoms with van der Waals surface area (Å²) >= 11 is 0. The minimum Gasteiger partial charge on any atom is -0.477 e. The highest BCUT2D eigenvalue weighted by atomic mass is 16.5. The molecule has 0 bridgehead atoms. The van der Waals surface area contributed by atoms with Crippen LogP contribution in [-0.4, -0.2) is 23.1 Å². The van der Waals surface area contributed by atoms with Crippen LogP contribution in [0, 0.1) is 6.92 Å². The molecule has 0 aromatic carbocycles. The highest BCUT2D eigenvalue weighted by molar-refractivity contribution is 5.48. The molecule has 100 valence electrons. The maximum absolute atomic E-state index is 5.73. The van der Waals surface area contributed by atoms with E-state index in [2.05, 4.69) is 28.8 Å². The van der Waals surface area contributed by atoms with Crippen molar-refractivity contribution in [1.29, 1.82) is 0 Å². The standard InChI is InChI=1S/C14H23N3O/c1-6-12-16-13(15-7-2)11(5)14(17-12)18-9-8-10(3)4/h3,6-9H2,1-2,4-5H3,(H,15,16,17). The van der Waals surface area contributed by atoms with Crippen molar-refractivity contribution >= 4 is 5.82 Å². The second kappa shape index (κ2) is 6.99. The molecule has 0 aliphatic rings. The van der Waals surface area contributed by atoms with Gasteiger partial charge in [0.1, 0.15) is 11.6 Å². The molecule has 0 amide bonds. The highest BCUT2D eigenvalue weighted by Gasteiger charge is 2.10. The fourth-order valence-electron chi connectivity index (χ4n) is 1.50. The Hall–Kier alpha value is -1.58. The van der Waals surface area contributed by atoms with Gasteiger partial charge in [-0.3, -0.25) is 0 Å². The zero-order chi connectivity index (χ0) is 13.5. The maximum Gasteiger partial charge on any atom is 0.221 e. The van der Waals surface area contributed by atoms with E-state index in [1.54, 1.807) is 0 Å². The van der Waals surface area contributed by atoms with Gasteiger partial charge in [0.25, 0.3) is 0 Å². The van der Waals surface area contributed by atoms with E-state index < -0.39 is 0 Å². The molecule has 4 heteroatoms. The van der Waals surface area contributed by atoms with Crippen LogP contribution in [0.1, 0.15) is 38.6 Å². The van der Waals surface area contributed by atoms with Crippen molar-refractivity contribution in [2.45, 2.75) is 40.5 Å². The fraction of sp³-hybridized carbons (Fsp3) is 0.571. The van der Waals surface area contributed by atoms with Gasteiger partial charge in [0.15, 0.2) is 0 Å². The van der Waals surface area contributed by atoms with Gasteiger partial charge in [0, 0.05) is 19.4 Å². The van der Waals surface area contributed by atoms with E-state index in [4.69, 9.17) is 4.74 Å². The molecule has 4 nitrogen and oxygen atoms in total. The first kappa shape index (κ1) is 14.5. The number of rotatable bonds is 7. The predicted octanol–water partition coefficient (Wildman–Crippen LogP) is 3.12. The Morgan fingerprint density at radius 3 is 2.61 bits per heavy atom. The monoisotopic (exact) mass is 249 g/mol. The van der Waals surface area contributed by atoms with E-state index in [0.29, 0.717) is 12.5 Å². The molecule has 0 unspecified atom stereocenters. The SMILES string of the molecule is C=C(C)CCOc1nc(CC)nc(NCC)c1C. The second-order valence-electron chi connectivity index (χ2n) is 4.36. The van der Waals surface area contributed by atoms with Gasteiger partial charge in [-0.05, 0) is 20.8 Å². The average molecular weight is 249 g/mol. The maximum atomic E-state index is 5.73. The van der Waals surface area contributed by atoms with Gasteiger partial charge >= 0.3 is 0 Å². The normalized spacial score (nSPS) is 10.2. The van der Waals surface area contributed by atoms with E-state index in [1.807, 2.05) is 20.8 Å². The van der Waals surface area contributed by atoms with Crippen LogP contribution >= 0.6 is 0 Å². The molecule has 1 aromatic heterocycles. The molecule has 18 heavy (non-hydrogen) atoms. The van der Waals surface area contributed by atoms with Crippen molar-refractivity contribution in [2.75, 3.05) is 18.5 Å². The number of ether oxygens (including phenoxy) is 1. The van der Waals surface area contributed by atoms with Crippen molar-refractivity contribution in [1.82, 2.24) is 9.97 Å². The molecule has 0 aliphatic heterocycles. The molecule has 0 saturated carbocycles. The van der Waals surface area contributed by atoms with Gasteiger partial charge in [0.2, 0.25) is 5.88 Å². The van der Waals surface area contributed by atoms with E-state index in [9.17, 15) is 0 Å². The van der Waals surface area contributed by atoms with E-state index in [1.165, 1.54) is 0 Å². The Bertz CT molecular complexity index is 416. The number of anilines is 1. The van der Waals surface area contributed by atoms with Gasteiger partial charge in [-0.2, -0.15) is 4.98 Å². The summed E-state index contributed by atoms with van der Waals surface area (Å²) in [5, 5.41) is 3.24. The summed E-state index contributed by atoms with van der Waals surface area (Å²) in [5.74, 6) is 2.36. The lowest BCUT2D eigenvalue weighted by atomic mass is 10.2. The van der Waals surface area contributed by atoms with E-state index >= 15 is 0 Å². The number of aromatic nitrogens is 2. The Morgan fingerprint density at radius 1 is 1.33 bits per heavy atom. The third kappa shape index (κ3) is 4.02. The summed E-state index contributed by atoms with van der Waals surface area (Å²) in [7, 11) is 0. The zero-order valence-corrected chi connectivity index (χ0v) is 11.8. The van der Waals surface area contributed by atoms with Crippen molar-refractivity contribution in [2.24, 2.45) is 0 Å². The topological polar surface area (TPSA) is 47.0 Å². The molecule has 0 radical (unpaired) electrons. The molecular weight excluding hydrogens is 226 g/mol. The van der Waals surface area contributed by atoms with E-state index in [0.717, 1.165) is 42.2 Å². The number of hydrogen-bond acceptors (Lipinski definition) is 4. The molecule has 1 aromatic rings. The lowest BCUT2D eigenvalue weighted by Crippen LogP contribution is -2.09. The first-order valence-corrected chi connectivity index (χ1v) is 6.47. The largest absolute Gasteiger partial charge is 0.477 e. The summed E-state index contributed by atoms with van der Waals surface area (Å²) in [6.45, 7) is 13.4. The van der Waals surface area contributed by atoms with Crippen molar-refractivity contribution in [3.8, 4) is 5.88 Å². The summed E-state index contributed by atoms with van der Waals surface area (Å²) < 4.78 is 5.73. The van der Waals surface area contributed by atoms with E-state index in [-0.39, 0.29) is 0 Å². The van der Waals surface area contributed by atoms with Crippen LogP contribution in [0.3, 0.4) is 0 Å². The minimum atomic E-state index is 0.613. The Morgan fingerprint density at radius 2 is 2.06 bits per heavy atom. The van der Waals surface area contributed by atoms with Gasteiger partial charge in [-0.1, -0.05) is 12.5 Å². The van der Waals surface area contributed by atoms with Crippen molar-refractivity contribution in [3.63, 3.8) is 0 Å². The van der Waals surface area contributed by atoms with Crippen molar-refractivity contribution in [3.05, 3.63) is 23.5 Å². The fourth-order valence-corrected chi connectivity index (χ4v) is 1.50. The summed E-state index contributed by atoms with van der Waals surface area (Å²) in [6.07, 6.45) is 1.65. The Balaban J connectivity index is 2.87. The Kier molecular flexibility index (Phi) is 5.62. The highest BCUT2D eigenvalue weighted by Crippen LogP contribution is 2.22. The number of nitrogens with one attached hydrogen (secondary N) is 1. The quantitative estimate of drug-likeness (QED) is 0.754. The average Bonchev–Trinajstić information content (AvgIpc) is 2.33. The van der Waals surface area contributed by atoms with Crippen molar-refractivity contribution < 1.29 is 4.74 Å². The number of hydrogen-bond donors (Lipinski definition) is 1. The number of aryl methyl sites for hydroxylation is 1. The van der Waals surface area contributed by atoms with Crippen LogP contribution in [0.5, 0.6) is 5.88 Å². The molecule has 1 heterocycles. The molecule has 0 aliphatic carbocycles. The van der Waals surface area contributed by atoms with Crippen LogP contribution in [0.2, 0.25) is 0 Å². The van der Waals surface area contributed by atoms with Gasteiger partial charge in [0.05, 0.1) is 12.2 Å². The smallest absolute Gasteiger partial charge is 0.221 e. The molecular formula is C14H23N3O. The molecule has 0 spiro atoms.